The van der Waals surface area contributed by atoms with E-state index >= 15 is 0 Å². The van der Waals surface area contributed by atoms with E-state index in [4.69, 9.17) is 9.97 Å². The number of benzene rings is 3. The largest absolute Gasteiger partial charge is 0.359 e. The number of rotatable bonds is 7. The molecule has 0 fully saturated rings. The van der Waals surface area contributed by atoms with Gasteiger partial charge in [-0.3, -0.25) is 4.98 Å². The summed E-state index contributed by atoms with van der Waals surface area (Å²) in [6.07, 6.45) is 3.85. The van der Waals surface area contributed by atoms with Gasteiger partial charge >= 0.3 is 0 Å². The van der Waals surface area contributed by atoms with E-state index < -0.39 is 0 Å². The van der Waals surface area contributed by atoms with Crippen LogP contribution in [0.3, 0.4) is 0 Å². The Bertz CT molecular complexity index is 1410. The summed E-state index contributed by atoms with van der Waals surface area (Å²) in [7, 11) is 0. The van der Waals surface area contributed by atoms with Crippen LogP contribution in [-0.2, 0) is 12.8 Å². The third-order valence-corrected chi connectivity index (χ3v) is 6.45. The van der Waals surface area contributed by atoms with Gasteiger partial charge in [0.2, 0.25) is 0 Å². The van der Waals surface area contributed by atoms with E-state index in [1.165, 1.54) is 27.8 Å². The van der Waals surface area contributed by atoms with Gasteiger partial charge in [-0.1, -0.05) is 78.9 Å². The van der Waals surface area contributed by atoms with Crippen molar-refractivity contribution in [3.8, 4) is 0 Å². The molecule has 0 amide bonds. The van der Waals surface area contributed by atoms with E-state index in [0.29, 0.717) is 0 Å². The number of aromatic nitrogens is 2. The number of aryl methyl sites for hydroxylation is 4. The van der Waals surface area contributed by atoms with Crippen LogP contribution in [0.25, 0.3) is 10.9 Å². The van der Waals surface area contributed by atoms with Gasteiger partial charge in [-0.15, -0.1) is 0 Å². The Kier molecular flexibility index (Phi) is 6.35. The third-order valence-electron chi connectivity index (χ3n) is 6.45. The summed E-state index contributed by atoms with van der Waals surface area (Å²) in [5.74, 6) is 0.878. The predicted molar refractivity (Wildman–Crippen MR) is 141 cm³/mol. The highest BCUT2D eigenvalue weighted by Gasteiger charge is 2.21. The molecular weight excluding hydrogens is 414 g/mol. The molecule has 0 aliphatic carbocycles. The fraction of sp³-hybridized carbons (Fsp3) is 0.161. The summed E-state index contributed by atoms with van der Waals surface area (Å²) in [4.78, 5) is 9.45. The maximum atomic E-state index is 4.75. The first kappa shape index (κ1) is 21.8. The van der Waals surface area contributed by atoms with Gasteiger partial charge in [0.15, 0.2) is 0 Å². The zero-order valence-electron chi connectivity index (χ0n) is 19.7. The summed E-state index contributed by atoms with van der Waals surface area (Å²) in [6, 6.07) is 34.1. The molecule has 3 heteroatoms. The van der Waals surface area contributed by atoms with Gasteiger partial charge in [0, 0.05) is 17.3 Å². The standard InChI is InChI=1S/C31H29N3/c1-22-10-8-16-29(33-22)34-31(27-20-19-26-14-9-21-32-30(26)23(27)2)28-15-7-6-13-25(28)18-17-24-11-4-3-5-12-24/h3-16,19-21,31H,17-18H2,1-2H3,(H,33,34). The second-order valence-corrected chi connectivity index (χ2v) is 8.78. The SMILES string of the molecule is Cc1cccc(NC(c2ccccc2CCc2ccccc2)c2ccc3cccnc3c2C)n1. The molecular formula is C31H29N3. The Morgan fingerprint density at radius 1 is 0.706 bits per heavy atom. The monoisotopic (exact) mass is 443 g/mol. The van der Waals surface area contributed by atoms with Crippen LogP contribution in [-0.4, -0.2) is 9.97 Å². The number of anilines is 1. The minimum Gasteiger partial charge on any atom is -0.359 e. The molecule has 34 heavy (non-hydrogen) atoms. The summed E-state index contributed by atoms with van der Waals surface area (Å²) in [5.41, 5.74) is 8.44. The molecule has 168 valence electrons. The maximum Gasteiger partial charge on any atom is 0.126 e. The zero-order chi connectivity index (χ0) is 23.3. The van der Waals surface area contributed by atoms with Crippen LogP contribution in [0.15, 0.2) is 103 Å². The van der Waals surface area contributed by atoms with Gasteiger partial charge in [-0.25, -0.2) is 4.98 Å². The number of hydrogen-bond donors (Lipinski definition) is 1. The van der Waals surface area contributed by atoms with Crippen LogP contribution in [0.4, 0.5) is 5.82 Å². The third kappa shape index (κ3) is 4.69. The van der Waals surface area contributed by atoms with Crippen LogP contribution in [0.2, 0.25) is 0 Å². The van der Waals surface area contributed by atoms with E-state index in [0.717, 1.165) is 35.3 Å². The number of hydrogen-bond acceptors (Lipinski definition) is 3. The maximum absolute atomic E-state index is 4.75. The Morgan fingerprint density at radius 2 is 1.53 bits per heavy atom. The summed E-state index contributed by atoms with van der Waals surface area (Å²) < 4.78 is 0. The molecule has 3 aromatic carbocycles. The first-order valence-corrected chi connectivity index (χ1v) is 11.9. The molecule has 3 nitrogen and oxygen atoms in total. The minimum absolute atomic E-state index is 0.0346. The van der Waals surface area contributed by atoms with Crippen LogP contribution in [0.1, 0.15) is 39.6 Å². The molecule has 5 aromatic rings. The van der Waals surface area contributed by atoms with Crippen LogP contribution in [0.5, 0.6) is 0 Å². The fourth-order valence-corrected chi connectivity index (χ4v) is 4.68. The van der Waals surface area contributed by atoms with E-state index in [1.54, 1.807) is 0 Å². The molecule has 0 bridgehead atoms. The molecule has 0 spiro atoms. The summed E-state index contributed by atoms with van der Waals surface area (Å²) >= 11 is 0. The van der Waals surface area contributed by atoms with Crippen molar-refractivity contribution in [2.45, 2.75) is 32.7 Å². The molecule has 2 aromatic heterocycles. The second-order valence-electron chi connectivity index (χ2n) is 8.78. The molecule has 1 N–H and O–H groups in total. The molecule has 1 unspecified atom stereocenters. The molecule has 0 aliphatic rings. The summed E-state index contributed by atoms with van der Waals surface area (Å²) in [5, 5.41) is 4.92. The van der Waals surface area contributed by atoms with E-state index in [2.05, 4.69) is 91.1 Å². The molecule has 5 rings (SSSR count). The van der Waals surface area contributed by atoms with Crippen molar-refractivity contribution in [2.75, 3.05) is 5.32 Å². The average Bonchev–Trinajstić information content (AvgIpc) is 2.88. The van der Waals surface area contributed by atoms with Crippen molar-refractivity contribution in [2.24, 2.45) is 0 Å². The fourth-order valence-electron chi connectivity index (χ4n) is 4.68. The smallest absolute Gasteiger partial charge is 0.126 e. The van der Waals surface area contributed by atoms with Crippen molar-refractivity contribution >= 4 is 16.7 Å². The van der Waals surface area contributed by atoms with Gasteiger partial charge < -0.3 is 5.32 Å². The topological polar surface area (TPSA) is 37.8 Å². The number of pyridine rings is 2. The second kappa shape index (κ2) is 9.88. The van der Waals surface area contributed by atoms with Crippen molar-refractivity contribution in [1.29, 1.82) is 0 Å². The molecule has 0 saturated carbocycles. The van der Waals surface area contributed by atoms with Gasteiger partial charge in [0.05, 0.1) is 11.6 Å². The lowest BCUT2D eigenvalue weighted by Crippen LogP contribution is -2.17. The van der Waals surface area contributed by atoms with Crippen LogP contribution in [0, 0.1) is 13.8 Å². The van der Waals surface area contributed by atoms with E-state index in [-0.39, 0.29) is 6.04 Å². The lowest BCUT2D eigenvalue weighted by atomic mass is 9.88. The van der Waals surface area contributed by atoms with Gasteiger partial charge in [0.25, 0.3) is 0 Å². The highest BCUT2D eigenvalue weighted by Crippen LogP contribution is 2.33. The quantitative estimate of drug-likeness (QED) is 0.288. The van der Waals surface area contributed by atoms with E-state index in [1.807, 2.05) is 31.3 Å². The minimum atomic E-state index is -0.0346. The lowest BCUT2D eigenvalue weighted by molar-refractivity contribution is 0.865. The Balaban J connectivity index is 1.59. The number of fused-ring (bicyclic) bond motifs is 1. The Labute approximate surface area is 201 Å². The van der Waals surface area contributed by atoms with Crippen LogP contribution < -0.4 is 5.32 Å². The van der Waals surface area contributed by atoms with Gasteiger partial charge in [0.1, 0.15) is 5.82 Å². The molecule has 0 radical (unpaired) electrons. The van der Waals surface area contributed by atoms with Crippen molar-refractivity contribution in [1.82, 2.24) is 9.97 Å². The van der Waals surface area contributed by atoms with Crippen molar-refractivity contribution < 1.29 is 0 Å². The van der Waals surface area contributed by atoms with E-state index in [9.17, 15) is 0 Å². The average molecular weight is 444 g/mol. The molecule has 0 aliphatic heterocycles. The first-order valence-electron chi connectivity index (χ1n) is 11.9. The number of nitrogens with one attached hydrogen (secondary N) is 1. The van der Waals surface area contributed by atoms with Gasteiger partial charge in [-0.2, -0.15) is 0 Å². The Hall–Kier alpha value is -3.98. The number of nitrogens with zero attached hydrogens (tertiary/aromatic N) is 2. The van der Waals surface area contributed by atoms with Crippen molar-refractivity contribution in [3.63, 3.8) is 0 Å². The first-order chi connectivity index (χ1) is 16.7. The normalized spacial score (nSPS) is 11.9. The van der Waals surface area contributed by atoms with Crippen molar-refractivity contribution in [3.05, 3.63) is 137 Å². The van der Waals surface area contributed by atoms with Gasteiger partial charge in [-0.05, 0) is 72.7 Å². The predicted octanol–water partition coefficient (Wildman–Crippen LogP) is 7.23. The zero-order valence-corrected chi connectivity index (χ0v) is 19.7. The summed E-state index contributed by atoms with van der Waals surface area (Å²) in [6.45, 7) is 4.20. The highest BCUT2D eigenvalue weighted by molar-refractivity contribution is 5.83. The molecule has 0 saturated heterocycles. The lowest BCUT2D eigenvalue weighted by Gasteiger charge is -2.25. The highest BCUT2D eigenvalue weighted by atomic mass is 15.0. The van der Waals surface area contributed by atoms with Crippen LogP contribution >= 0.6 is 0 Å². The Morgan fingerprint density at radius 3 is 2.38 bits per heavy atom. The molecule has 1 atom stereocenters. The molecule has 2 heterocycles.